The molecular weight excluding hydrogens is 617 g/mol. The third-order valence-electron chi connectivity index (χ3n) is 6.85. The number of carboxylic acids is 1. The predicted molar refractivity (Wildman–Crippen MR) is 174 cm³/mol. The van der Waals surface area contributed by atoms with Crippen LogP contribution in [-0.4, -0.2) is 58.8 Å². The topological polar surface area (TPSA) is 159 Å². The van der Waals surface area contributed by atoms with Gasteiger partial charge in [-0.25, -0.2) is 14.6 Å². The van der Waals surface area contributed by atoms with Crippen LogP contribution in [0.2, 0.25) is 0 Å². The summed E-state index contributed by atoms with van der Waals surface area (Å²) in [5.41, 5.74) is 9.06. The number of alkyl halides is 3. The van der Waals surface area contributed by atoms with Crippen molar-refractivity contribution in [1.29, 1.82) is 0 Å². The van der Waals surface area contributed by atoms with Gasteiger partial charge in [-0.1, -0.05) is 24.3 Å². The fourth-order valence-electron chi connectivity index (χ4n) is 4.21. The molecule has 0 saturated heterocycles. The number of halogens is 3. The lowest BCUT2D eigenvalue weighted by Gasteiger charge is -2.22. The molecule has 4 rings (SSSR count). The lowest BCUT2D eigenvalue weighted by atomic mass is 10.0. The van der Waals surface area contributed by atoms with Gasteiger partial charge in [-0.05, 0) is 85.8 Å². The minimum atomic E-state index is -5.08. The van der Waals surface area contributed by atoms with Crippen LogP contribution in [0.4, 0.5) is 35.2 Å². The second kappa shape index (κ2) is 16.2. The number of aromatic nitrogens is 1. The van der Waals surface area contributed by atoms with Gasteiger partial charge in [0.1, 0.15) is 17.6 Å². The molecule has 0 fully saturated rings. The lowest BCUT2D eigenvalue weighted by molar-refractivity contribution is -0.192. The van der Waals surface area contributed by atoms with E-state index in [-0.39, 0.29) is 24.5 Å². The number of aliphatic carboxylic acids is 1. The zero-order valence-corrected chi connectivity index (χ0v) is 26.3. The molecule has 0 spiro atoms. The number of nitrogens with zero attached hydrogens (tertiary/aromatic N) is 2. The van der Waals surface area contributed by atoms with Crippen molar-refractivity contribution < 1.29 is 37.4 Å². The molecule has 0 radical (unpaired) electrons. The summed E-state index contributed by atoms with van der Waals surface area (Å²) in [7, 11) is 1.75. The van der Waals surface area contributed by atoms with Gasteiger partial charge in [0.15, 0.2) is 0 Å². The molecule has 0 aliphatic rings. The average Bonchev–Trinajstić information content (AvgIpc) is 3.02. The summed E-state index contributed by atoms with van der Waals surface area (Å²) < 4.78 is 37.4. The molecule has 6 N–H and O–H groups in total. The highest BCUT2D eigenvalue weighted by Crippen LogP contribution is 2.27. The number of benzene rings is 3. The van der Waals surface area contributed by atoms with E-state index in [1.54, 1.807) is 18.1 Å². The molecule has 14 heteroatoms. The van der Waals surface area contributed by atoms with E-state index in [0.717, 1.165) is 27.6 Å². The number of urea groups is 1. The Morgan fingerprint density at radius 1 is 1.00 bits per heavy atom. The number of hydrogen-bond acceptors (Lipinski definition) is 7. The Morgan fingerprint density at radius 2 is 1.70 bits per heavy atom. The molecule has 250 valence electrons. The fourth-order valence-corrected chi connectivity index (χ4v) is 4.21. The Kier molecular flexibility index (Phi) is 12.4. The van der Waals surface area contributed by atoms with Gasteiger partial charge >= 0.3 is 18.2 Å². The van der Waals surface area contributed by atoms with E-state index in [1.165, 1.54) is 0 Å². The highest BCUT2D eigenvalue weighted by atomic mass is 19.4. The van der Waals surface area contributed by atoms with Crippen LogP contribution in [0, 0.1) is 0 Å². The number of carboxylic acid groups (broad SMARTS) is 1. The van der Waals surface area contributed by atoms with E-state index in [2.05, 4.69) is 20.9 Å². The number of carbonyl (C=O) groups is 3. The van der Waals surface area contributed by atoms with Crippen LogP contribution in [0.3, 0.4) is 0 Å². The second-order valence-electron chi connectivity index (χ2n) is 10.6. The number of hydrogen-bond donors (Lipinski definition) is 5. The Labute approximate surface area is 269 Å². The van der Waals surface area contributed by atoms with Crippen LogP contribution >= 0.6 is 0 Å². The normalized spacial score (nSPS) is 11.6. The molecule has 0 saturated carbocycles. The number of nitrogens with two attached hydrogens (primary N) is 1. The maximum absolute atomic E-state index is 13.6. The Hall–Kier alpha value is -5.53. The van der Waals surface area contributed by atoms with Crippen LogP contribution in [0.1, 0.15) is 37.9 Å². The first-order valence-corrected chi connectivity index (χ1v) is 14.5. The van der Waals surface area contributed by atoms with Crippen LogP contribution < -0.4 is 26.4 Å². The summed E-state index contributed by atoms with van der Waals surface area (Å²) in [5.74, 6) is -1.83. The summed E-state index contributed by atoms with van der Waals surface area (Å²) in [6.45, 7) is 6.62. The SMILES string of the molecule is CCOc1cccc(C(Nc2ccc3c(N)nccc3c2)C(=O)NCc2cccc(NC(=O)N(C)C(C)C)c2)c1.O=C(O)C(F)(F)F. The highest BCUT2D eigenvalue weighted by molar-refractivity contribution is 5.94. The van der Waals surface area contributed by atoms with Crippen LogP contribution in [0.25, 0.3) is 10.8 Å². The number of nitrogen functional groups attached to an aromatic ring is 1. The molecule has 0 aliphatic carbocycles. The summed E-state index contributed by atoms with van der Waals surface area (Å²) in [6, 6.07) is 21.7. The van der Waals surface area contributed by atoms with Gasteiger partial charge in [-0.3, -0.25) is 4.79 Å². The molecule has 0 bridgehead atoms. The first-order chi connectivity index (χ1) is 22.2. The molecule has 1 aromatic heterocycles. The maximum Gasteiger partial charge on any atom is 0.490 e. The Morgan fingerprint density at radius 3 is 2.36 bits per heavy atom. The molecule has 1 atom stereocenters. The first kappa shape index (κ1) is 35.9. The van der Waals surface area contributed by atoms with Gasteiger partial charge in [0, 0.05) is 42.6 Å². The predicted octanol–water partition coefficient (Wildman–Crippen LogP) is 6.19. The van der Waals surface area contributed by atoms with Crippen molar-refractivity contribution >= 4 is 45.9 Å². The number of carbonyl (C=O) groups excluding carboxylic acids is 2. The molecule has 4 aromatic rings. The highest BCUT2D eigenvalue weighted by Gasteiger charge is 2.38. The van der Waals surface area contributed by atoms with Gasteiger partial charge in [-0.15, -0.1) is 0 Å². The number of pyridine rings is 1. The lowest BCUT2D eigenvalue weighted by Crippen LogP contribution is -2.36. The fraction of sp³-hybridized carbons (Fsp3) is 0.273. The average molecular weight is 655 g/mol. The number of amides is 3. The number of rotatable bonds is 10. The maximum atomic E-state index is 13.6. The van der Waals surface area contributed by atoms with Crippen molar-refractivity contribution in [3.05, 3.63) is 90.1 Å². The number of anilines is 3. The van der Waals surface area contributed by atoms with Crippen molar-refractivity contribution in [3.8, 4) is 5.75 Å². The molecule has 1 unspecified atom stereocenters. The van der Waals surface area contributed by atoms with Gasteiger partial charge in [0.25, 0.3) is 0 Å². The third kappa shape index (κ3) is 10.5. The van der Waals surface area contributed by atoms with E-state index >= 15 is 0 Å². The van der Waals surface area contributed by atoms with E-state index in [1.807, 2.05) is 93.6 Å². The van der Waals surface area contributed by atoms with Gasteiger partial charge in [-0.2, -0.15) is 13.2 Å². The van der Waals surface area contributed by atoms with E-state index in [9.17, 15) is 22.8 Å². The number of ether oxygens (including phenoxy) is 1. The largest absolute Gasteiger partial charge is 0.494 e. The van der Waals surface area contributed by atoms with E-state index in [4.69, 9.17) is 20.4 Å². The van der Waals surface area contributed by atoms with E-state index in [0.29, 0.717) is 23.9 Å². The second-order valence-corrected chi connectivity index (χ2v) is 10.6. The van der Waals surface area contributed by atoms with Crippen LogP contribution in [0.15, 0.2) is 79.0 Å². The molecule has 3 aromatic carbocycles. The summed E-state index contributed by atoms with van der Waals surface area (Å²) in [4.78, 5) is 40.7. The quantitative estimate of drug-likeness (QED) is 0.135. The summed E-state index contributed by atoms with van der Waals surface area (Å²) >= 11 is 0. The zero-order chi connectivity index (χ0) is 34.7. The molecule has 47 heavy (non-hydrogen) atoms. The molecule has 0 aliphatic heterocycles. The first-order valence-electron chi connectivity index (χ1n) is 14.5. The standard InChI is InChI=1S/C31H36N6O3.C2HF3O2/c1-5-40-26-11-7-9-23(18-26)28(35-25-12-13-27-22(17-25)14-15-33-29(27)32)30(38)34-19-21-8-6-10-24(16-21)36-31(39)37(4)20(2)3;3-2(4,5)1(6)7/h6-18,20,28,35H,5,19H2,1-4H3,(H2,32,33)(H,34,38)(H,36,39);(H,6,7). The van der Waals surface area contributed by atoms with Crippen LogP contribution in [0.5, 0.6) is 5.75 Å². The minimum Gasteiger partial charge on any atom is -0.494 e. The van der Waals surface area contributed by atoms with Crippen molar-refractivity contribution in [1.82, 2.24) is 15.2 Å². The zero-order valence-electron chi connectivity index (χ0n) is 26.3. The minimum absolute atomic E-state index is 0.0739. The van der Waals surface area contributed by atoms with Gasteiger partial charge in [0.05, 0.1) is 6.61 Å². The van der Waals surface area contributed by atoms with Crippen molar-refractivity contribution in [2.45, 2.75) is 45.6 Å². The van der Waals surface area contributed by atoms with Crippen molar-refractivity contribution in [2.24, 2.45) is 0 Å². The van der Waals surface area contributed by atoms with E-state index < -0.39 is 18.2 Å². The smallest absolute Gasteiger partial charge is 0.490 e. The Balaban J connectivity index is 0.000000771. The number of nitrogens with one attached hydrogen (secondary N) is 3. The monoisotopic (exact) mass is 654 g/mol. The van der Waals surface area contributed by atoms with Crippen molar-refractivity contribution in [3.63, 3.8) is 0 Å². The van der Waals surface area contributed by atoms with Gasteiger partial charge < -0.3 is 36.4 Å². The Bertz CT molecular complexity index is 1700. The molecule has 11 nitrogen and oxygen atoms in total. The third-order valence-corrected chi connectivity index (χ3v) is 6.85. The van der Waals surface area contributed by atoms with Crippen molar-refractivity contribution in [2.75, 3.05) is 30.0 Å². The summed E-state index contributed by atoms with van der Waals surface area (Å²) in [6.07, 6.45) is -3.42. The summed E-state index contributed by atoms with van der Waals surface area (Å²) in [5, 5.41) is 18.2. The number of fused-ring (bicyclic) bond motifs is 1. The molecule has 1 heterocycles. The molecular formula is C33H37F3N6O5. The van der Waals surface area contributed by atoms with Crippen LogP contribution in [-0.2, 0) is 16.1 Å². The molecule has 3 amide bonds. The van der Waals surface area contributed by atoms with Gasteiger partial charge in [0.2, 0.25) is 5.91 Å².